The van der Waals surface area contributed by atoms with Gasteiger partial charge in [0.25, 0.3) is 0 Å². The van der Waals surface area contributed by atoms with Gasteiger partial charge in [-0.1, -0.05) is 12.1 Å². The molecule has 0 saturated heterocycles. The van der Waals surface area contributed by atoms with E-state index in [2.05, 4.69) is 27.2 Å². The summed E-state index contributed by atoms with van der Waals surface area (Å²) >= 11 is 0. The summed E-state index contributed by atoms with van der Waals surface area (Å²) in [4.78, 5) is 12.2. The van der Waals surface area contributed by atoms with E-state index < -0.39 is 0 Å². The lowest BCUT2D eigenvalue weighted by molar-refractivity contribution is 0.521. The summed E-state index contributed by atoms with van der Waals surface area (Å²) in [6.45, 7) is 2.80. The van der Waals surface area contributed by atoms with Gasteiger partial charge in [0.05, 0.1) is 23.6 Å². The van der Waals surface area contributed by atoms with Crippen LogP contribution in [0.2, 0.25) is 0 Å². The lowest BCUT2D eigenvalue weighted by atomic mass is 10.3. The zero-order valence-electron chi connectivity index (χ0n) is 11.1. The summed E-state index contributed by atoms with van der Waals surface area (Å²) in [6, 6.07) is 8.24. The molecular weight excluding hydrogens is 238 g/mol. The number of aromatic amines is 1. The molecule has 2 aromatic heterocycles. The highest BCUT2D eigenvalue weighted by atomic mass is 15.1. The van der Waals surface area contributed by atoms with Crippen molar-refractivity contribution in [2.24, 2.45) is 7.05 Å². The molecule has 0 fully saturated rings. The van der Waals surface area contributed by atoms with Crippen molar-refractivity contribution >= 4 is 11.0 Å². The van der Waals surface area contributed by atoms with Crippen molar-refractivity contribution in [3.8, 4) is 0 Å². The van der Waals surface area contributed by atoms with Gasteiger partial charge in [0.1, 0.15) is 11.6 Å². The van der Waals surface area contributed by atoms with Gasteiger partial charge in [-0.2, -0.15) is 0 Å². The third kappa shape index (κ3) is 2.37. The first-order chi connectivity index (χ1) is 9.24. The van der Waals surface area contributed by atoms with Crippen LogP contribution < -0.4 is 5.32 Å². The molecule has 5 heteroatoms. The predicted octanol–water partition coefficient (Wildman–Crippen LogP) is 2.15. The van der Waals surface area contributed by atoms with Gasteiger partial charge in [0.2, 0.25) is 0 Å². The monoisotopic (exact) mass is 255 g/mol. The Labute approximate surface area is 111 Å². The van der Waals surface area contributed by atoms with E-state index in [9.17, 15) is 0 Å². The highest BCUT2D eigenvalue weighted by Gasteiger charge is 2.10. The first-order valence-electron chi connectivity index (χ1n) is 6.38. The molecule has 0 saturated carbocycles. The Morgan fingerprint density at radius 1 is 1.37 bits per heavy atom. The van der Waals surface area contributed by atoms with Gasteiger partial charge in [0.15, 0.2) is 0 Å². The van der Waals surface area contributed by atoms with Gasteiger partial charge >= 0.3 is 0 Å². The van der Waals surface area contributed by atoms with Gasteiger partial charge in [-0.3, -0.25) is 0 Å². The first-order valence-corrected chi connectivity index (χ1v) is 6.38. The van der Waals surface area contributed by atoms with E-state index in [4.69, 9.17) is 0 Å². The molecule has 19 heavy (non-hydrogen) atoms. The molecule has 0 aliphatic rings. The second kappa shape index (κ2) is 4.85. The molecule has 1 aromatic carbocycles. The van der Waals surface area contributed by atoms with Crippen LogP contribution in [-0.2, 0) is 13.6 Å². The highest BCUT2D eigenvalue weighted by molar-refractivity contribution is 5.74. The molecule has 0 aliphatic carbocycles. The second-order valence-electron chi connectivity index (χ2n) is 4.70. The molecule has 0 amide bonds. The quantitative estimate of drug-likeness (QED) is 0.751. The zero-order chi connectivity index (χ0) is 13.2. The summed E-state index contributed by atoms with van der Waals surface area (Å²) in [7, 11) is 2.00. The van der Waals surface area contributed by atoms with Gasteiger partial charge in [-0.25, -0.2) is 9.97 Å². The average molecular weight is 255 g/mol. The lowest BCUT2D eigenvalue weighted by Gasteiger charge is -2.12. The van der Waals surface area contributed by atoms with E-state index >= 15 is 0 Å². The van der Waals surface area contributed by atoms with Crippen LogP contribution in [0.25, 0.3) is 11.0 Å². The average Bonchev–Trinajstić information content (AvgIpc) is 3.01. The molecular formula is C14H17N5. The van der Waals surface area contributed by atoms with Crippen molar-refractivity contribution in [3.63, 3.8) is 0 Å². The molecule has 0 radical (unpaired) electrons. The van der Waals surface area contributed by atoms with E-state index in [0.717, 1.165) is 22.7 Å². The van der Waals surface area contributed by atoms with Crippen LogP contribution >= 0.6 is 0 Å². The number of hydrogen-bond donors (Lipinski definition) is 2. The fourth-order valence-corrected chi connectivity index (χ4v) is 2.22. The minimum atomic E-state index is 0.188. The number of aromatic nitrogens is 4. The Morgan fingerprint density at radius 3 is 2.95 bits per heavy atom. The van der Waals surface area contributed by atoms with Gasteiger partial charge in [-0.15, -0.1) is 0 Å². The van der Waals surface area contributed by atoms with E-state index in [1.54, 1.807) is 0 Å². The van der Waals surface area contributed by atoms with Crippen LogP contribution in [0.1, 0.15) is 24.6 Å². The number of aryl methyl sites for hydroxylation is 1. The van der Waals surface area contributed by atoms with E-state index in [0.29, 0.717) is 6.54 Å². The van der Waals surface area contributed by atoms with Crippen molar-refractivity contribution in [1.29, 1.82) is 0 Å². The number of imidazole rings is 2. The highest BCUT2D eigenvalue weighted by Crippen LogP contribution is 2.12. The molecule has 0 bridgehead atoms. The third-order valence-corrected chi connectivity index (χ3v) is 3.26. The molecule has 0 aliphatic heterocycles. The van der Waals surface area contributed by atoms with Gasteiger partial charge < -0.3 is 14.9 Å². The summed E-state index contributed by atoms with van der Waals surface area (Å²) in [5, 5.41) is 3.43. The van der Waals surface area contributed by atoms with Crippen molar-refractivity contribution in [2.45, 2.75) is 19.5 Å². The standard InChI is InChI=1S/C14H17N5/c1-10(14-15-7-8-19(14)2)16-9-13-17-11-5-3-4-6-12(11)18-13/h3-8,10,16H,9H2,1-2H3,(H,17,18). The van der Waals surface area contributed by atoms with E-state index in [1.807, 2.05) is 48.3 Å². The first kappa shape index (κ1) is 11.9. The summed E-state index contributed by atoms with van der Waals surface area (Å²) in [6.07, 6.45) is 3.77. The summed E-state index contributed by atoms with van der Waals surface area (Å²) in [5.41, 5.74) is 2.08. The number of rotatable bonds is 4. The van der Waals surface area contributed by atoms with Crippen LogP contribution in [0, 0.1) is 0 Å². The third-order valence-electron chi connectivity index (χ3n) is 3.26. The van der Waals surface area contributed by atoms with Crippen LogP contribution in [0.5, 0.6) is 0 Å². The Hall–Kier alpha value is -2.14. The van der Waals surface area contributed by atoms with Crippen LogP contribution in [0.15, 0.2) is 36.7 Å². The molecule has 0 spiro atoms. The largest absolute Gasteiger partial charge is 0.341 e. The van der Waals surface area contributed by atoms with Crippen LogP contribution in [0.4, 0.5) is 0 Å². The molecule has 3 rings (SSSR count). The SMILES string of the molecule is CC(NCc1nc2ccccc2[nH]1)c1nccn1C. The Bertz CT molecular complexity index is 649. The van der Waals surface area contributed by atoms with Crippen LogP contribution in [-0.4, -0.2) is 19.5 Å². The van der Waals surface area contributed by atoms with E-state index in [1.165, 1.54) is 0 Å². The Kier molecular flexibility index (Phi) is 3.05. The van der Waals surface area contributed by atoms with Crippen molar-refractivity contribution in [3.05, 3.63) is 48.3 Å². The molecule has 1 atom stereocenters. The Balaban J connectivity index is 1.70. The van der Waals surface area contributed by atoms with Gasteiger partial charge in [0, 0.05) is 19.4 Å². The number of nitrogens with zero attached hydrogens (tertiary/aromatic N) is 3. The molecule has 98 valence electrons. The Morgan fingerprint density at radius 2 is 2.21 bits per heavy atom. The topological polar surface area (TPSA) is 58.5 Å². The summed E-state index contributed by atoms with van der Waals surface area (Å²) < 4.78 is 2.02. The van der Waals surface area contributed by atoms with Crippen molar-refractivity contribution < 1.29 is 0 Å². The fourth-order valence-electron chi connectivity index (χ4n) is 2.22. The zero-order valence-corrected chi connectivity index (χ0v) is 11.1. The lowest BCUT2D eigenvalue weighted by Crippen LogP contribution is -2.21. The maximum absolute atomic E-state index is 4.54. The van der Waals surface area contributed by atoms with Gasteiger partial charge in [-0.05, 0) is 19.1 Å². The maximum atomic E-state index is 4.54. The molecule has 3 aromatic rings. The van der Waals surface area contributed by atoms with Crippen molar-refractivity contribution in [2.75, 3.05) is 0 Å². The fraction of sp³-hybridized carbons (Fsp3) is 0.286. The number of nitrogens with one attached hydrogen (secondary N) is 2. The number of H-pyrrole nitrogens is 1. The minimum absolute atomic E-state index is 0.188. The molecule has 5 nitrogen and oxygen atoms in total. The number of para-hydroxylation sites is 2. The maximum Gasteiger partial charge on any atom is 0.125 e. The second-order valence-corrected chi connectivity index (χ2v) is 4.70. The molecule has 2 heterocycles. The number of benzene rings is 1. The molecule has 2 N–H and O–H groups in total. The normalized spacial score (nSPS) is 12.9. The smallest absolute Gasteiger partial charge is 0.125 e. The van der Waals surface area contributed by atoms with E-state index in [-0.39, 0.29) is 6.04 Å². The number of hydrogen-bond acceptors (Lipinski definition) is 3. The van der Waals surface area contributed by atoms with Crippen molar-refractivity contribution in [1.82, 2.24) is 24.8 Å². The van der Waals surface area contributed by atoms with Crippen LogP contribution in [0.3, 0.4) is 0 Å². The number of fused-ring (bicyclic) bond motifs is 1. The molecule has 1 unspecified atom stereocenters. The predicted molar refractivity (Wildman–Crippen MR) is 74.6 cm³/mol. The minimum Gasteiger partial charge on any atom is -0.341 e. The summed E-state index contributed by atoms with van der Waals surface area (Å²) in [5.74, 6) is 1.97.